The van der Waals surface area contributed by atoms with Crippen LogP contribution in [-0.4, -0.2) is 11.1 Å². The average Bonchev–Trinajstić information content (AvgIpc) is 2.29. The van der Waals surface area contributed by atoms with E-state index in [1.807, 2.05) is 19.9 Å². The van der Waals surface area contributed by atoms with Crippen LogP contribution in [0.15, 0.2) is 30.3 Å². The van der Waals surface area contributed by atoms with Gasteiger partial charge in [-0.25, -0.2) is 9.18 Å². The van der Waals surface area contributed by atoms with Crippen molar-refractivity contribution < 1.29 is 14.3 Å². The molecule has 0 aliphatic heterocycles. The molecular formula is C16H15FO2. The molecule has 19 heavy (non-hydrogen) atoms. The van der Waals surface area contributed by atoms with Crippen LogP contribution in [0.25, 0.3) is 11.1 Å². The topological polar surface area (TPSA) is 37.3 Å². The van der Waals surface area contributed by atoms with Crippen LogP contribution >= 0.6 is 0 Å². The van der Waals surface area contributed by atoms with E-state index in [1.54, 1.807) is 19.1 Å². The molecule has 0 amide bonds. The molecule has 0 aromatic heterocycles. The van der Waals surface area contributed by atoms with E-state index in [0.29, 0.717) is 16.7 Å². The molecule has 0 fully saturated rings. The van der Waals surface area contributed by atoms with Crippen LogP contribution in [0, 0.1) is 26.6 Å². The number of hydrogen-bond acceptors (Lipinski definition) is 1. The summed E-state index contributed by atoms with van der Waals surface area (Å²) < 4.78 is 14.1. The van der Waals surface area contributed by atoms with E-state index in [1.165, 1.54) is 12.1 Å². The van der Waals surface area contributed by atoms with Crippen molar-refractivity contribution in [3.8, 4) is 11.1 Å². The number of rotatable bonds is 2. The highest BCUT2D eigenvalue weighted by Gasteiger charge is 2.13. The second kappa shape index (κ2) is 4.84. The molecule has 2 rings (SSSR count). The van der Waals surface area contributed by atoms with Crippen LogP contribution in [0.3, 0.4) is 0 Å². The van der Waals surface area contributed by atoms with E-state index >= 15 is 0 Å². The highest BCUT2D eigenvalue weighted by atomic mass is 19.1. The quantitative estimate of drug-likeness (QED) is 0.879. The van der Waals surface area contributed by atoms with Gasteiger partial charge in [-0.05, 0) is 55.2 Å². The van der Waals surface area contributed by atoms with Crippen molar-refractivity contribution in [3.63, 3.8) is 0 Å². The molecule has 0 radical (unpaired) electrons. The molecule has 2 aromatic carbocycles. The first-order chi connectivity index (χ1) is 8.90. The minimum Gasteiger partial charge on any atom is -0.478 e. The molecule has 2 aromatic rings. The molecule has 0 bridgehead atoms. The Morgan fingerprint density at radius 1 is 1.05 bits per heavy atom. The van der Waals surface area contributed by atoms with Gasteiger partial charge in [-0.1, -0.05) is 18.2 Å². The van der Waals surface area contributed by atoms with Crippen LogP contribution in [-0.2, 0) is 0 Å². The highest BCUT2D eigenvalue weighted by molar-refractivity contribution is 5.91. The second-order valence-electron chi connectivity index (χ2n) is 4.77. The lowest BCUT2D eigenvalue weighted by Gasteiger charge is -2.11. The van der Waals surface area contributed by atoms with Crippen molar-refractivity contribution in [3.05, 3.63) is 58.4 Å². The molecular weight excluding hydrogens is 243 g/mol. The standard InChI is InChI=1S/C16H15FO2/c1-9-6-11(3)15(14(17)7-9)12-5-4-10(2)13(8-12)16(18)19/h4-8H,1-3H3,(H,18,19). The van der Waals surface area contributed by atoms with Crippen LogP contribution in [0.4, 0.5) is 4.39 Å². The maximum Gasteiger partial charge on any atom is 0.335 e. The molecule has 0 aliphatic rings. The normalized spacial score (nSPS) is 10.5. The summed E-state index contributed by atoms with van der Waals surface area (Å²) in [6.07, 6.45) is 0. The molecule has 98 valence electrons. The van der Waals surface area contributed by atoms with E-state index in [0.717, 1.165) is 11.1 Å². The summed E-state index contributed by atoms with van der Waals surface area (Å²) >= 11 is 0. The maximum atomic E-state index is 14.1. The zero-order valence-corrected chi connectivity index (χ0v) is 11.1. The number of aromatic carboxylic acids is 1. The van der Waals surface area contributed by atoms with Crippen LogP contribution in [0.1, 0.15) is 27.0 Å². The Hall–Kier alpha value is -2.16. The minimum absolute atomic E-state index is 0.205. The van der Waals surface area contributed by atoms with Gasteiger partial charge in [-0.3, -0.25) is 0 Å². The molecule has 0 unspecified atom stereocenters. The maximum absolute atomic E-state index is 14.1. The number of benzene rings is 2. The fourth-order valence-electron chi connectivity index (χ4n) is 2.29. The van der Waals surface area contributed by atoms with E-state index < -0.39 is 5.97 Å². The van der Waals surface area contributed by atoms with Crippen LogP contribution < -0.4 is 0 Å². The Morgan fingerprint density at radius 3 is 2.32 bits per heavy atom. The zero-order chi connectivity index (χ0) is 14.2. The first-order valence-corrected chi connectivity index (χ1v) is 6.01. The minimum atomic E-state index is -0.996. The van der Waals surface area contributed by atoms with E-state index in [-0.39, 0.29) is 11.4 Å². The third kappa shape index (κ3) is 2.50. The van der Waals surface area contributed by atoms with Crippen molar-refractivity contribution in [1.29, 1.82) is 0 Å². The Bertz CT molecular complexity index is 637. The van der Waals surface area contributed by atoms with Gasteiger partial charge >= 0.3 is 5.97 Å². The Kier molecular flexibility index (Phi) is 3.38. The number of carboxylic acids is 1. The Balaban J connectivity index is 2.66. The van der Waals surface area contributed by atoms with Crippen molar-refractivity contribution in [1.82, 2.24) is 0 Å². The molecule has 0 atom stereocenters. The number of hydrogen-bond donors (Lipinski definition) is 1. The van der Waals surface area contributed by atoms with Crippen molar-refractivity contribution >= 4 is 5.97 Å². The summed E-state index contributed by atoms with van der Waals surface area (Å²) in [5.74, 6) is -1.32. The van der Waals surface area contributed by atoms with E-state index in [4.69, 9.17) is 5.11 Å². The molecule has 0 spiro atoms. The molecule has 3 heteroatoms. The number of carboxylic acid groups (broad SMARTS) is 1. The van der Waals surface area contributed by atoms with Gasteiger partial charge < -0.3 is 5.11 Å². The van der Waals surface area contributed by atoms with Crippen molar-refractivity contribution in [2.24, 2.45) is 0 Å². The third-order valence-corrected chi connectivity index (χ3v) is 3.19. The summed E-state index contributed by atoms with van der Waals surface area (Å²) in [6, 6.07) is 8.33. The molecule has 0 saturated carbocycles. The second-order valence-corrected chi connectivity index (χ2v) is 4.77. The molecule has 0 heterocycles. The Morgan fingerprint density at radius 2 is 1.74 bits per heavy atom. The van der Waals surface area contributed by atoms with Gasteiger partial charge in [-0.15, -0.1) is 0 Å². The van der Waals surface area contributed by atoms with E-state index in [9.17, 15) is 9.18 Å². The lowest BCUT2D eigenvalue weighted by atomic mass is 9.95. The molecule has 1 N–H and O–H groups in total. The largest absolute Gasteiger partial charge is 0.478 e. The summed E-state index contributed by atoms with van der Waals surface area (Å²) in [5, 5.41) is 9.13. The number of aryl methyl sites for hydroxylation is 3. The average molecular weight is 258 g/mol. The van der Waals surface area contributed by atoms with Gasteiger partial charge in [0.25, 0.3) is 0 Å². The Labute approximate surface area is 111 Å². The van der Waals surface area contributed by atoms with Gasteiger partial charge in [0, 0.05) is 5.56 Å². The van der Waals surface area contributed by atoms with Gasteiger partial charge in [0.05, 0.1) is 5.56 Å². The van der Waals surface area contributed by atoms with Crippen molar-refractivity contribution in [2.75, 3.05) is 0 Å². The van der Waals surface area contributed by atoms with Crippen LogP contribution in [0.2, 0.25) is 0 Å². The lowest BCUT2D eigenvalue weighted by molar-refractivity contribution is 0.0696. The predicted octanol–water partition coefficient (Wildman–Crippen LogP) is 4.12. The summed E-state index contributed by atoms with van der Waals surface area (Å²) in [6.45, 7) is 5.38. The third-order valence-electron chi connectivity index (χ3n) is 3.19. The molecule has 0 saturated heterocycles. The van der Waals surface area contributed by atoms with Gasteiger partial charge in [0.1, 0.15) is 5.82 Å². The molecule has 0 aliphatic carbocycles. The fourth-order valence-corrected chi connectivity index (χ4v) is 2.29. The SMILES string of the molecule is Cc1cc(C)c(-c2ccc(C)c(C(=O)O)c2)c(F)c1. The highest BCUT2D eigenvalue weighted by Crippen LogP contribution is 2.29. The van der Waals surface area contributed by atoms with Gasteiger partial charge in [0.15, 0.2) is 0 Å². The smallest absolute Gasteiger partial charge is 0.335 e. The predicted molar refractivity (Wildman–Crippen MR) is 73.0 cm³/mol. The monoisotopic (exact) mass is 258 g/mol. The first kappa shape index (κ1) is 13.3. The van der Waals surface area contributed by atoms with Crippen LogP contribution in [0.5, 0.6) is 0 Å². The number of halogens is 1. The lowest BCUT2D eigenvalue weighted by Crippen LogP contribution is -2.00. The first-order valence-electron chi connectivity index (χ1n) is 6.01. The fraction of sp³-hybridized carbons (Fsp3) is 0.188. The molecule has 2 nitrogen and oxygen atoms in total. The summed E-state index contributed by atoms with van der Waals surface area (Å²) in [7, 11) is 0. The summed E-state index contributed by atoms with van der Waals surface area (Å²) in [5.41, 5.74) is 3.59. The number of carbonyl (C=O) groups is 1. The van der Waals surface area contributed by atoms with Crippen molar-refractivity contribution in [2.45, 2.75) is 20.8 Å². The van der Waals surface area contributed by atoms with Gasteiger partial charge in [-0.2, -0.15) is 0 Å². The van der Waals surface area contributed by atoms with E-state index in [2.05, 4.69) is 0 Å². The summed E-state index contributed by atoms with van der Waals surface area (Å²) in [4.78, 5) is 11.1. The van der Waals surface area contributed by atoms with Gasteiger partial charge in [0.2, 0.25) is 0 Å². The zero-order valence-electron chi connectivity index (χ0n) is 11.1.